The van der Waals surface area contributed by atoms with E-state index >= 15 is 0 Å². The number of rotatable bonds is 8. The fraction of sp³-hybridized carbons (Fsp3) is 0.120. The number of anilines is 1. The third-order valence-corrected chi connectivity index (χ3v) is 6.10. The minimum absolute atomic E-state index is 0.0439. The molecule has 33 heavy (non-hydrogen) atoms. The van der Waals surface area contributed by atoms with Crippen molar-refractivity contribution in [2.45, 2.75) is 17.9 Å². The molecule has 0 saturated heterocycles. The molecule has 0 spiro atoms. The van der Waals surface area contributed by atoms with Gasteiger partial charge in [0.25, 0.3) is 5.91 Å². The number of carbonyl (C=O) groups is 2. The standard InChI is InChI=1S/C25H22N2O5S/c1-3-17-26-33(30,31)21-15-13-20(14-16-21)25(29)32-18(2)24(28)27-23-12-8-7-11-22(23)19-9-5-4-6-10-19/h1,4-16,18,26H,17H2,2H3,(H,27,28). The SMILES string of the molecule is C#CCNS(=O)(=O)c1ccc(C(=O)OC(C)C(=O)Nc2ccccc2-c2ccccc2)cc1. The van der Waals surface area contributed by atoms with Crippen LogP contribution < -0.4 is 10.0 Å². The maximum absolute atomic E-state index is 12.7. The number of ether oxygens (including phenoxy) is 1. The Morgan fingerprint density at radius 1 is 0.970 bits per heavy atom. The predicted molar refractivity (Wildman–Crippen MR) is 126 cm³/mol. The van der Waals surface area contributed by atoms with Crippen LogP contribution in [0.25, 0.3) is 11.1 Å². The van der Waals surface area contributed by atoms with Crippen LogP contribution in [0.2, 0.25) is 0 Å². The molecule has 0 fully saturated rings. The van der Waals surface area contributed by atoms with Crippen LogP contribution in [0.3, 0.4) is 0 Å². The van der Waals surface area contributed by atoms with Gasteiger partial charge in [-0.25, -0.2) is 13.2 Å². The van der Waals surface area contributed by atoms with E-state index in [2.05, 4.69) is 16.0 Å². The number of terminal acetylenes is 1. The van der Waals surface area contributed by atoms with E-state index in [4.69, 9.17) is 11.2 Å². The number of carbonyl (C=O) groups excluding carboxylic acids is 2. The molecule has 1 amide bonds. The first-order chi connectivity index (χ1) is 15.8. The topological polar surface area (TPSA) is 102 Å². The van der Waals surface area contributed by atoms with Gasteiger partial charge in [0, 0.05) is 11.3 Å². The highest BCUT2D eigenvalue weighted by atomic mass is 32.2. The smallest absolute Gasteiger partial charge is 0.338 e. The highest BCUT2D eigenvalue weighted by molar-refractivity contribution is 7.89. The molecule has 168 valence electrons. The first-order valence-corrected chi connectivity index (χ1v) is 11.5. The van der Waals surface area contributed by atoms with Crippen molar-refractivity contribution in [2.75, 3.05) is 11.9 Å². The van der Waals surface area contributed by atoms with Gasteiger partial charge in [0.05, 0.1) is 17.0 Å². The van der Waals surface area contributed by atoms with Crippen LogP contribution in [0.15, 0.2) is 83.8 Å². The van der Waals surface area contributed by atoms with Gasteiger partial charge in [0.2, 0.25) is 10.0 Å². The summed E-state index contributed by atoms with van der Waals surface area (Å²) in [5, 5.41) is 2.79. The Morgan fingerprint density at radius 2 is 1.61 bits per heavy atom. The molecule has 0 aromatic heterocycles. The summed E-state index contributed by atoms with van der Waals surface area (Å²) in [6, 6.07) is 22.0. The molecule has 0 heterocycles. The van der Waals surface area contributed by atoms with Gasteiger partial charge in [-0.05, 0) is 42.8 Å². The molecular formula is C25H22N2O5S. The molecule has 1 atom stereocenters. The van der Waals surface area contributed by atoms with E-state index < -0.39 is 28.0 Å². The van der Waals surface area contributed by atoms with Gasteiger partial charge in [-0.15, -0.1) is 6.42 Å². The number of nitrogens with one attached hydrogen (secondary N) is 2. The van der Waals surface area contributed by atoms with Crippen LogP contribution in [0, 0.1) is 12.3 Å². The summed E-state index contributed by atoms with van der Waals surface area (Å²) >= 11 is 0. The molecule has 3 aromatic rings. The lowest BCUT2D eigenvalue weighted by atomic mass is 10.0. The van der Waals surface area contributed by atoms with Crippen LogP contribution in [0.5, 0.6) is 0 Å². The number of para-hydroxylation sites is 1. The van der Waals surface area contributed by atoms with E-state index in [1.807, 2.05) is 42.5 Å². The van der Waals surface area contributed by atoms with Crippen molar-refractivity contribution in [1.82, 2.24) is 4.72 Å². The van der Waals surface area contributed by atoms with Crippen molar-refractivity contribution in [1.29, 1.82) is 0 Å². The Kier molecular flexibility index (Phi) is 7.61. The second-order valence-corrected chi connectivity index (χ2v) is 8.77. The van der Waals surface area contributed by atoms with Gasteiger partial charge in [-0.1, -0.05) is 54.5 Å². The number of sulfonamides is 1. The highest BCUT2D eigenvalue weighted by Gasteiger charge is 2.21. The molecule has 0 aliphatic carbocycles. The van der Waals surface area contributed by atoms with Crippen molar-refractivity contribution in [3.63, 3.8) is 0 Å². The molecular weight excluding hydrogens is 440 g/mol. The van der Waals surface area contributed by atoms with Crippen molar-refractivity contribution >= 4 is 27.6 Å². The molecule has 8 heteroatoms. The van der Waals surface area contributed by atoms with E-state index in [9.17, 15) is 18.0 Å². The van der Waals surface area contributed by atoms with E-state index in [0.29, 0.717) is 5.69 Å². The van der Waals surface area contributed by atoms with E-state index in [1.165, 1.54) is 31.2 Å². The van der Waals surface area contributed by atoms with Gasteiger partial charge in [0.15, 0.2) is 6.10 Å². The quantitative estimate of drug-likeness (QED) is 0.394. The monoisotopic (exact) mass is 462 g/mol. The molecule has 1 unspecified atom stereocenters. The lowest BCUT2D eigenvalue weighted by Crippen LogP contribution is -2.30. The van der Waals surface area contributed by atoms with Gasteiger partial charge < -0.3 is 10.1 Å². The van der Waals surface area contributed by atoms with Crippen molar-refractivity contribution in [3.05, 3.63) is 84.4 Å². The summed E-state index contributed by atoms with van der Waals surface area (Å²) in [4.78, 5) is 25.1. The first-order valence-electron chi connectivity index (χ1n) is 10.0. The zero-order valence-corrected chi connectivity index (χ0v) is 18.6. The Bertz CT molecular complexity index is 1280. The summed E-state index contributed by atoms with van der Waals surface area (Å²) in [6.07, 6.45) is 3.98. The summed E-state index contributed by atoms with van der Waals surface area (Å²) in [5.74, 6) is 0.932. The van der Waals surface area contributed by atoms with Crippen LogP contribution in [0.4, 0.5) is 5.69 Å². The summed E-state index contributed by atoms with van der Waals surface area (Å²) in [6.45, 7) is 1.31. The fourth-order valence-corrected chi connectivity index (χ4v) is 3.90. The van der Waals surface area contributed by atoms with Crippen molar-refractivity contribution < 1.29 is 22.7 Å². The Hall–Kier alpha value is -3.93. The average molecular weight is 463 g/mol. The molecule has 0 aliphatic rings. The van der Waals surface area contributed by atoms with E-state index in [0.717, 1.165) is 11.1 Å². The van der Waals surface area contributed by atoms with Gasteiger partial charge in [-0.3, -0.25) is 4.79 Å². The normalized spacial score (nSPS) is 11.8. The summed E-state index contributed by atoms with van der Waals surface area (Å²) in [7, 11) is -3.77. The number of hydrogen-bond acceptors (Lipinski definition) is 5. The zero-order chi connectivity index (χ0) is 23.8. The van der Waals surface area contributed by atoms with Crippen molar-refractivity contribution in [2.24, 2.45) is 0 Å². The van der Waals surface area contributed by atoms with E-state index in [-0.39, 0.29) is 17.0 Å². The molecule has 0 radical (unpaired) electrons. The molecule has 0 saturated carbocycles. The van der Waals surface area contributed by atoms with Crippen LogP contribution in [-0.2, 0) is 19.6 Å². The van der Waals surface area contributed by atoms with E-state index in [1.54, 1.807) is 12.1 Å². The molecule has 3 aromatic carbocycles. The number of hydrogen-bond donors (Lipinski definition) is 2. The third-order valence-electron chi connectivity index (χ3n) is 4.69. The Balaban J connectivity index is 1.66. The number of esters is 1. The first kappa shape index (κ1) is 23.7. The van der Waals surface area contributed by atoms with Crippen molar-refractivity contribution in [3.8, 4) is 23.5 Å². The lowest BCUT2D eigenvalue weighted by molar-refractivity contribution is -0.123. The van der Waals surface area contributed by atoms with Gasteiger partial charge in [0.1, 0.15) is 0 Å². The molecule has 7 nitrogen and oxygen atoms in total. The highest BCUT2D eigenvalue weighted by Crippen LogP contribution is 2.27. The summed E-state index contributed by atoms with van der Waals surface area (Å²) in [5.41, 5.74) is 2.46. The second kappa shape index (κ2) is 10.6. The number of amides is 1. The minimum atomic E-state index is -3.77. The minimum Gasteiger partial charge on any atom is -0.449 e. The average Bonchev–Trinajstić information content (AvgIpc) is 2.83. The van der Waals surface area contributed by atoms with Crippen LogP contribution >= 0.6 is 0 Å². The Labute approximate surface area is 192 Å². The maximum atomic E-state index is 12.7. The van der Waals surface area contributed by atoms with Crippen LogP contribution in [-0.4, -0.2) is 32.9 Å². The third kappa shape index (κ3) is 6.07. The molecule has 2 N–H and O–H groups in total. The van der Waals surface area contributed by atoms with Gasteiger partial charge in [-0.2, -0.15) is 4.72 Å². The predicted octanol–water partition coefficient (Wildman–Crippen LogP) is 3.45. The number of benzene rings is 3. The van der Waals surface area contributed by atoms with Gasteiger partial charge >= 0.3 is 5.97 Å². The summed E-state index contributed by atoms with van der Waals surface area (Å²) < 4.78 is 31.6. The maximum Gasteiger partial charge on any atom is 0.338 e. The molecule has 0 bridgehead atoms. The second-order valence-electron chi connectivity index (χ2n) is 7.00. The zero-order valence-electron chi connectivity index (χ0n) is 17.8. The lowest BCUT2D eigenvalue weighted by Gasteiger charge is -2.16. The molecule has 0 aliphatic heterocycles. The molecule has 3 rings (SSSR count). The van der Waals surface area contributed by atoms with Crippen LogP contribution in [0.1, 0.15) is 17.3 Å². The largest absolute Gasteiger partial charge is 0.449 e. The fourth-order valence-electron chi connectivity index (χ4n) is 2.97. The Morgan fingerprint density at radius 3 is 2.27 bits per heavy atom.